The Labute approximate surface area is 235 Å². The van der Waals surface area contributed by atoms with Crippen LogP contribution in [-0.4, -0.2) is 80.9 Å². The molecule has 2 aromatic carbocycles. The number of anilines is 1. The molecule has 0 amide bonds. The van der Waals surface area contributed by atoms with Gasteiger partial charge in [-0.05, 0) is 61.4 Å². The van der Waals surface area contributed by atoms with Gasteiger partial charge in [0, 0.05) is 56.9 Å². The molecule has 5 heterocycles. The number of nitrogens with two attached hydrogens (primary N) is 1. The maximum Gasteiger partial charge on any atom is 0.416 e. The van der Waals surface area contributed by atoms with Gasteiger partial charge in [0.2, 0.25) is 0 Å². The molecule has 0 aliphatic carbocycles. The number of halogens is 3. The fraction of sp³-hybridized carbons (Fsp3) is 0.414. The summed E-state index contributed by atoms with van der Waals surface area (Å²) in [5, 5.41) is 9.08. The maximum atomic E-state index is 12.9. The predicted octanol–water partition coefficient (Wildman–Crippen LogP) is 4.18. The second-order valence-corrected chi connectivity index (χ2v) is 11.1. The second kappa shape index (κ2) is 10.3. The zero-order chi connectivity index (χ0) is 28.1. The number of rotatable bonds is 6. The van der Waals surface area contributed by atoms with Gasteiger partial charge in [0.15, 0.2) is 5.65 Å². The summed E-state index contributed by atoms with van der Waals surface area (Å²) in [4.78, 5) is 14.0. The molecule has 9 nitrogen and oxygen atoms in total. The molecular formula is C29H31F3N8O. The largest absolute Gasteiger partial charge is 0.457 e. The third kappa shape index (κ3) is 5.00. The molecule has 4 aromatic rings. The van der Waals surface area contributed by atoms with E-state index < -0.39 is 11.7 Å². The number of piperidine rings is 1. The molecule has 3 saturated heterocycles. The molecule has 3 fully saturated rings. The van der Waals surface area contributed by atoms with Crippen LogP contribution in [0.25, 0.3) is 22.3 Å². The Morgan fingerprint density at radius 1 is 0.829 bits per heavy atom. The van der Waals surface area contributed by atoms with E-state index in [1.165, 1.54) is 18.5 Å². The van der Waals surface area contributed by atoms with Gasteiger partial charge >= 0.3 is 6.18 Å². The van der Waals surface area contributed by atoms with Crippen LogP contribution in [0.1, 0.15) is 24.4 Å². The van der Waals surface area contributed by atoms with Gasteiger partial charge in [-0.3, -0.25) is 9.80 Å². The van der Waals surface area contributed by atoms with Crippen molar-refractivity contribution in [1.29, 1.82) is 0 Å². The summed E-state index contributed by atoms with van der Waals surface area (Å²) >= 11 is 0. The van der Waals surface area contributed by atoms with Gasteiger partial charge in [-0.25, -0.2) is 14.6 Å². The average molecular weight is 565 g/mol. The highest BCUT2D eigenvalue weighted by Crippen LogP contribution is 2.36. The van der Waals surface area contributed by atoms with E-state index in [9.17, 15) is 13.2 Å². The molecule has 3 aliphatic heterocycles. The molecule has 3 N–H and O–H groups in total. The van der Waals surface area contributed by atoms with Gasteiger partial charge in [0.25, 0.3) is 0 Å². The molecule has 0 radical (unpaired) electrons. The zero-order valence-electron chi connectivity index (χ0n) is 22.4. The van der Waals surface area contributed by atoms with Crippen LogP contribution in [0.3, 0.4) is 0 Å². The van der Waals surface area contributed by atoms with E-state index in [1.54, 1.807) is 12.1 Å². The van der Waals surface area contributed by atoms with Crippen LogP contribution in [0.2, 0.25) is 0 Å². The number of aromatic nitrogens is 4. The molecule has 2 aromatic heterocycles. The Bertz CT molecular complexity index is 1520. The zero-order valence-corrected chi connectivity index (χ0v) is 22.4. The van der Waals surface area contributed by atoms with Crippen molar-refractivity contribution in [3.63, 3.8) is 0 Å². The Morgan fingerprint density at radius 3 is 2.10 bits per heavy atom. The Hall–Kier alpha value is -3.74. The molecule has 41 heavy (non-hydrogen) atoms. The van der Waals surface area contributed by atoms with Crippen LogP contribution in [-0.2, 0) is 6.18 Å². The number of fused-ring (bicyclic) bond motifs is 1. The van der Waals surface area contributed by atoms with Crippen molar-refractivity contribution in [1.82, 2.24) is 34.9 Å². The minimum atomic E-state index is -4.39. The topological polar surface area (TPSA) is 97.4 Å². The molecule has 0 atom stereocenters. The molecule has 0 spiro atoms. The van der Waals surface area contributed by atoms with Crippen LogP contribution < -0.4 is 15.8 Å². The lowest BCUT2D eigenvalue weighted by molar-refractivity contribution is -0.137. The molecular weight excluding hydrogens is 533 g/mol. The minimum absolute atomic E-state index is 0.214. The van der Waals surface area contributed by atoms with Gasteiger partial charge in [-0.1, -0.05) is 0 Å². The van der Waals surface area contributed by atoms with Gasteiger partial charge in [-0.2, -0.15) is 18.3 Å². The maximum absolute atomic E-state index is 12.9. The summed E-state index contributed by atoms with van der Waals surface area (Å²) in [6.07, 6.45) is -0.933. The van der Waals surface area contributed by atoms with Crippen LogP contribution >= 0.6 is 0 Å². The molecule has 7 rings (SSSR count). The number of ether oxygens (including phenoxy) is 1. The highest BCUT2D eigenvalue weighted by atomic mass is 19.4. The monoisotopic (exact) mass is 564 g/mol. The Kier molecular flexibility index (Phi) is 6.56. The Balaban J connectivity index is 1.06. The first-order valence-corrected chi connectivity index (χ1v) is 14.0. The fourth-order valence-corrected chi connectivity index (χ4v) is 6.03. The Morgan fingerprint density at radius 2 is 1.49 bits per heavy atom. The number of nitrogens with one attached hydrogen (secondary N) is 1. The lowest BCUT2D eigenvalue weighted by atomic mass is 9.97. The summed E-state index contributed by atoms with van der Waals surface area (Å²) in [5.74, 6) is 1.19. The molecule has 3 aliphatic rings. The van der Waals surface area contributed by atoms with Crippen molar-refractivity contribution >= 4 is 16.9 Å². The SMILES string of the molecule is Nc1ncnc2c1c(-c1ccc(Oc3ccc(C(F)(F)F)cc3)cc1)nn2C1CCN(C2CN(C3CNC3)C2)CC1. The van der Waals surface area contributed by atoms with E-state index in [1.807, 2.05) is 16.8 Å². The molecule has 0 saturated carbocycles. The van der Waals surface area contributed by atoms with Crippen LogP contribution in [0.4, 0.5) is 19.0 Å². The lowest BCUT2D eigenvalue weighted by Gasteiger charge is -2.52. The fourth-order valence-electron chi connectivity index (χ4n) is 6.03. The van der Waals surface area contributed by atoms with E-state index in [2.05, 4.69) is 25.1 Å². The summed E-state index contributed by atoms with van der Waals surface area (Å²) in [7, 11) is 0. The molecule has 214 valence electrons. The van der Waals surface area contributed by atoms with E-state index in [0.717, 1.165) is 80.8 Å². The van der Waals surface area contributed by atoms with Gasteiger partial charge < -0.3 is 15.8 Å². The number of hydrogen-bond donors (Lipinski definition) is 2. The van der Waals surface area contributed by atoms with Crippen molar-refractivity contribution in [3.05, 3.63) is 60.4 Å². The smallest absolute Gasteiger partial charge is 0.416 e. The standard InChI is InChI=1S/C29H31F3N8O/c30-29(31,32)19-3-7-24(8-4-19)41-23-5-1-18(2-6-23)26-25-27(33)35-17-36-28(25)40(37-26)20-9-11-38(12-10-20)22-15-39(16-22)21-13-34-14-21/h1-8,17,20-22,34H,9-16H2,(H2,33,35,36). The van der Waals surface area contributed by atoms with E-state index in [-0.39, 0.29) is 6.04 Å². The van der Waals surface area contributed by atoms with E-state index in [4.69, 9.17) is 15.6 Å². The highest BCUT2D eigenvalue weighted by Gasteiger charge is 2.39. The van der Waals surface area contributed by atoms with E-state index in [0.29, 0.717) is 35.1 Å². The van der Waals surface area contributed by atoms with Crippen LogP contribution in [0.15, 0.2) is 54.9 Å². The third-order valence-electron chi connectivity index (χ3n) is 8.59. The number of alkyl halides is 3. The van der Waals surface area contributed by atoms with Crippen LogP contribution in [0.5, 0.6) is 11.5 Å². The number of likely N-dealkylation sites (tertiary alicyclic amines) is 2. The number of nitrogen functional groups attached to an aromatic ring is 1. The number of nitrogens with zero attached hydrogens (tertiary/aromatic N) is 6. The normalized spacial score (nSPS) is 19.8. The van der Waals surface area contributed by atoms with Crippen molar-refractivity contribution in [3.8, 4) is 22.8 Å². The first-order chi connectivity index (χ1) is 19.8. The summed E-state index contributed by atoms with van der Waals surface area (Å²) in [6.45, 7) is 6.60. The third-order valence-corrected chi connectivity index (χ3v) is 8.59. The van der Waals surface area contributed by atoms with Gasteiger partial charge in [-0.15, -0.1) is 0 Å². The van der Waals surface area contributed by atoms with Crippen molar-refractivity contribution in [2.45, 2.75) is 37.1 Å². The quantitative estimate of drug-likeness (QED) is 0.360. The minimum Gasteiger partial charge on any atom is -0.457 e. The van der Waals surface area contributed by atoms with Gasteiger partial charge in [0.05, 0.1) is 17.0 Å². The van der Waals surface area contributed by atoms with Crippen molar-refractivity contribution < 1.29 is 17.9 Å². The van der Waals surface area contributed by atoms with Gasteiger partial charge in [0.1, 0.15) is 29.3 Å². The second-order valence-electron chi connectivity index (χ2n) is 11.1. The summed E-state index contributed by atoms with van der Waals surface area (Å²) in [6, 6.07) is 13.4. The van der Waals surface area contributed by atoms with Crippen LogP contribution in [0, 0.1) is 0 Å². The summed E-state index contributed by atoms with van der Waals surface area (Å²) in [5.41, 5.74) is 7.86. The first-order valence-electron chi connectivity index (χ1n) is 14.0. The predicted molar refractivity (Wildman–Crippen MR) is 149 cm³/mol. The summed E-state index contributed by atoms with van der Waals surface area (Å²) < 4.78 is 46.4. The van der Waals surface area contributed by atoms with Crippen molar-refractivity contribution in [2.24, 2.45) is 0 Å². The molecule has 12 heteroatoms. The molecule has 0 unspecified atom stereocenters. The lowest BCUT2D eigenvalue weighted by Crippen LogP contribution is -2.69. The van der Waals surface area contributed by atoms with E-state index >= 15 is 0 Å². The molecule has 0 bridgehead atoms. The number of hydrogen-bond acceptors (Lipinski definition) is 8. The highest BCUT2D eigenvalue weighted by molar-refractivity contribution is 5.98. The number of benzene rings is 2. The first kappa shape index (κ1) is 26.2. The van der Waals surface area contributed by atoms with Crippen molar-refractivity contribution in [2.75, 3.05) is 45.0 Å². The average Bonchev–Trinajstić information content (AvgIpc) is 3.31.